The van der Waals surface area contributed by atoms with Crippen LogP contribution in [0, 0.1) is 0 Å². The number of benzene rings is 2. The van der Waals surface area contributed by atoms with Crippen molar-refractivity contribution in [3.05, 3.63) is 77.4 Å². The molecule has 3 rings (SSSR count). The van der Waals surface area contributed by atoms with E-state index in [-0.39, 0.29) is 11.9 Å². The maximum Gasteiger partial charge on any atom is 0.335 e. The predicted octanol–water partition coefficient (Wildman–Crippen LogP) is 3.80. The molecule has 2 aromatic carbocycles. The van der Waals surface area contributed by atoms with Crippen LogP contribution in [-0.4, -0.2) is 12.6 Å². The van der Waals surface area contributed by atoms with Gasteiger partial charge in [-0.25, -0.2) is 4.79 Å². The number of carbonyl (C=O) groups excluding carboxylic acids is 1. The van der Waals surface area contributed by atoms with Gasteiger partial charge in [0.1, 0.15) is 6.61 Å². The summed E-state index contributed by atoms with van der Waals surface area (Å²) in [7, 11) is 0. The van der Waals surface area contributed by atoms with Gasteiger partial charge in [0.2, 0.25) is 0 Å². The second-order valence-electron chi connectivity index (χ2n) is 4.97. The van der Waals surface area contributed by atoms with Crippen LogP contribution in [0.1, 0.15) is 24.0 Å². The minimum absolute atomic E-state index is 0.0314. The second-order valence-corrected chi connectivity index (χ2v) is 4.97. The third kappa shape index (κ3) is 2.25. The van der Waals surface area contributed by atoms with Crippen LogP contribution in [0.2, 0.25) is 0 Å². The molecule has 0 saturated carbocycles. The fourth-order valence-electron chi connectivity index (χ4n) is 2.67. The van der Waals surface area contributed by atoms with Crippen molar-refractivity contribution in [1.82, 2.24) is 0 Å². The van der Waals surface area contributed by atoms with Gasteiger partial charge in [-0.3, -0.25) is 0 Å². The summed E-state index contributed by atoms with van der Waals surface area (Å²) in [5.74, 6) is -0.163. The van der Waals surface area contributed by atoms with E-state index in [1.807, 2.05) is 67.6 Å². The Morgan fingerprint density at radius 2 is 1.60 bits per heavy atom. The van der Waals surface area contributed by atoms with Crippen LogP contribution < -0.4 is 0 Å². The molecular weight excluding hydrogens is 248 g/mol. The lowest BCUT2D eigenvalue weighted by Crippen LogP contribution is -2.04. The molecule has 100 valence electrons. The summed E-state index contributed by atoms with van der Waals surface area (Å²) in [6.45, 7) is 2.43. The third-order valence-corrected chi connectivity index (χ3v) is 3.76. The molecule has 1 fully saturated rings. The van der Waals surface area contributed by atoms with Gasteiger partial charge in [-0.15, -0.1) is 0 Å². The van der Waals surface area contributed by atoms with Crippen LogP contribution in [0.5, 0.6) is 0 Å². The highest BCUT2D eigenvalue weighted by atomic mass is 16.5. The molecule has 2 aromatic rings. The molecule has 0 bridgehead atoms. The molecular formula is C18H16O2. The number of esters is 1. The molecule has 1 aliphatic heterocycles. The minimum Gasteiger partial charge on any atom is -0.461 e. The van der Waals surface area contributed by atoms with Crippen molar-refractivity contribution >= 4 is 11.5 Å². The highest BCUT2D eigenvalue weighted by Crippen LogP contribution is 2.36. The molecule has 20 heavy (non-hydrogen) atoms. The van der Waals surface area contributed by atoms with Crippen molar-refractivity contribution in [2.24, 2.45) is 0 Å². The van der Waals surface area contributed by atoms with Crippen molar-refractivity contribution in [1.29, 1.82) is 0 Å². The van der Waals surface area contributed by atoms with Crippen LogP contribution in [0.15, 0.2) is 66.2 Å². The summed E-state index contributed by atoms with van der Waals surface area (Å²) in [6.07, 6.45) is 0. The van der Waals surface area contributed by atoms with Gasteiger partial charge < -0.3 is 4.74 Å². The highest BCUT2D eigenvalue weighted by molar-refractivity contribution is 6.00. The highest BCUT2D eigenvalue weighted by Gasteiger charge is 2.33. The summed E-state index contributed by atoms with van der Waals surface area (Å²) in [5, 5.41) is 0. The molecule has 0 amide bonds. The van der Waals surface area contributed by atoms with Crippen LogP contribution in [0.25, 0.3) is 5.57 Å². The molecule has 1 aliphatic rings. The van der Waals surface area contributed by atoms with Crippen LogP contribution in [0.4, 0.5) is 0 Å². The molecule has 0 radical (unpaired) electrons. The number of carbonyl (C=O) groups is 1. The molecule has 0 N–H and O–H groups in total. The minimum atomic E-state index is -0.194. The Balaban J connectivity index is 2.07. The van der Waals surface area contributed by atoms with E-state index in [0.29, 0.717) is 6.61 Å². The Morgan fingerprint density at radius 3 is 2.25 bits per heavy atom. The van der Waals surface area contributed by atoms with E-state index in [1.54, 1.807) is 0 Å². The van der Waals surface area contributed by atoms with Gasteiger partial charge in [0.25, 0.3) is 0 Å². The molecule has 2 nitrogen and oxygen atoms in total. The van der Waals surface area contributed by atoms with Crippen LogP contribution in [0.3, 0.4) is 0 Å². The zero-order valence-electron chi connectivity index (χ0n) is 11.4. The third-order valence-electron chi connectivity index (χ3n) is 3.76. The van der Waals surface area contributed by atoms with Crippen molar-refractivity contribution in [2.45, 2.75) is 12.8 Å². The summed E-state index contributed by atoms with van der Waals surface area (Å²) in [5.41, 5.74) is 3.98. The van der Waals surface area contributed by atoms with E-state index >= 15 is 0 Å². The van der Waals surface area contributed by atoms with Gasteiger partial charge in [0.05, 0.1) is 11.5 Å². The molecule has 1 atom stereocenters. The lowest BCUT2D eigenvalue weighted by Gasteiger charge is -2.12. The maximum absolute atomic E-state index is 12.1. The van der Waals surface area contributed by atoms with Crippen LogP contribution >= 0.6 is 0 Å². The normalized spacial score (nSPS) is 20.6. The van der Waals surface area contributed by atoms with E-state index < -0.39 is 0 Å². The Kier molecular flexibility index (Phi) is 3.38. The molecule has 1 saturated heterocycles. The van der Waals surface area contributed by atoms with Gasteiger partial charge in [0.15, 0.2) is 0 Å². The predicted molar refractivity (Wildman–Crippen MR) is 79.2 cm³/mol. The topological polar surface area (TPSA) is 26.3 Å². The first-order chi connectivity index (χ1) is 9.77. The number of ether oxygens (including phenoxy) is 1. The second kappa shape index (κ2) is 5.33. The number of allylic oxidation sites excluding steroid dienone is 1. The van der Waals surface area contributed by atoms with Crippen molar-refractivity contribution in [3.8, 4) is 0 Å². The monoisotopic (exact) mass is 264 g/mol. The van der Waals surface area contributed by atoms with Crippen molar-refractivity contribution in [3.63, 3.8) is 0 Å². The summed E-state index contributed by atoms with van der Waals surface area (Å²) >= 11 is 0. The largest absolute Gasteiger partial charge is 0.461 e. The quantitative estimate of drug-likeness (QED) is 0.609. The zero-order valence-corrected chi connectivity index (χ0v) is 11.4. The van der Waals surface area contributed by atoms with E-state index in [2.05, 4.69) is 0 Å². The maximum atomic E-state index is 12.1. The molecule has 0 spiro atoms. The Morgan fingerprint density at radius 1 is 1.00 bits per heavy atom. The van der Waals surface area contributed by atoms with Gasteiger partial charge in [0, 0.05) is 0 Å². The Bertz CT molecular complexity index is 642. The first kappa shape index (κ1) is 12.7. The zero-order chi connectivity index (χ0) is 13.9. The molecule has 2 heteroatoms. The van der Waals surface area contributed by atoms with Gasteiger partial charge in [-0.2, -0.15) is 0 Å². The van der Waals surface area contributed by atoms with Crippen molar-refractivity contribution in [2.75, 3.05) is 6.61 Å². The number of hydrogen-bond donors (Lipinski definition) is 0. The standard InChI is InChI=1S/C18H16O2/c1-13(14-8-4-2-5-9-14)17-16(12-20-18(17)19)15-10-6-3-7-11-15/h2-11,16H,12H2,1H3/b17-13+. The molecule has 1 unspecified atom stereocenters. The smallest absolute Gasteiger partial charge is 0.335 e. The van der Waals surface area contributed by atoms with Crippen LogP contribution in [-0.2, 0) is 9.53 Å². The summed E-state index contributed by atoms with van der Waals surface area (Å²) in [4.78, 5) is 12.1. The SMILES string of the molecule is C/C(=C1\C(=O)OCC1c1ccccc1)c1ccccc1. The Hall–Kier alpha value is -2.35. The average Bonchev–Trinajstić information content (AvgIpc) is 2.90. The molecule has 0 aliphatic carbocycles. The summed E-state index contributed by atoms with van der Waals surface area (Å²) < 4.78 is 5.28. The first-order valence-electron chi connectivity index (χ1n) is 6.75. The van der Waals surface area contributed by atoms with Gasteiger partial charge in [-0.1, -0.05) is 60.7 Å². The molecule has 0 aromatic heterocycles. The lowest BCUT2D eigenvalue weighted by atomic mass is 9.88. The fourth-order valence-corrected chi connectivity index (χ4v) is 2.67. The van der Waals surface area contributed by atoms with E-state index in [0.717, 1.165) is 22.3 Å². The number of cyclic esters (lactones) is 1. The number of hydrogen-bond acceptors (Lipinski definition) is 2. The average molecular weight is 264 g/mol. The lowest BCUT2D eigenvalue weighted by molar-refractivity contribution is -0.135. The first-order valence-corrected chi connectivity index (χ1v) is 6.75. The fraction of sp³-hybridized carbons (Fsp3) is 0.167. The summed E-state index contributed by atoms with van der Waals surface area (Å²) in [6, 6.07) is 20.1. The Labute approximate surface area is 118 Å². The molecule has 1 heterocycles. The van der Waals surface area contributed by atoms with Crippen molar-refractivity contribution < 1.29 is 9.53 Å². The van der Waals surface area contributed by atoms with Gasteiger partial charge in [-0.05, 0) is 23.6 Å². The van der Waals surface area contributed by atoms with E-state index in [9.17, 15) is 4.79 Å². The van der Waals surface area contributed by atoms with E-state index in [4.69, 9.17) is 4.74 Å². The van der Waals surface area contributed by atoms with E-state index in [1.165, 1.54) is 0 Å². The van der Waals surface area contributed by atoms with Gasteiger partial charge >= 0.3 is 5.97 Å². The number of rotatable bonds is 2.